The maximum atomic E-state index is 12.7. The SMILES string of the molecule is Cc1ccc(N2C(=O)C[C@@H](NNC(=O)c3ccccc3[N+](=O)[O-])C2=O)c(C)c1. The summed E-state index contributed by atoms with van der Waals surface area (Å²) < 4.78 is 0. The zero-order chi connectivity index (χ0) is 20.4. The van der Waals surface area contributed by atoms with E-state index in [1.165, 1.54) is 24.3 Å². The van der Waals surface area contributed by atoms with Gasteiger partial charge in [-0.2, -0.15) is 0 Å². The van der Waals surface area contributed by atoms with Gasteiger partial charge in [-0.1, -0.05) is 29.8 Å². The number of carbonyl (C=O) groups is 3. The Balaban J connectivity index is 1.73. The van der Waals surface area contributed by atoms with E-state index >= 15 is 0 Å². The van der Waals surface area contributed by atoms with Crippen molar-refractivity contribution >= 4 is 29.1 Å². The monoisotopic (exact) mass is 382 g/mol. The lowest BCUT2D eigenvalue weighted by Crippen LogP contribution is -2.48. The average Bonchev–Trinajstić information content (AvgIpc) is 2.93. The molecule has 2 aromatic carbocycles. The van der Waals surface area contributed by atoms with E-state index < -0.39 is 28.7 Å². The molecule has 0 bridgehead atoms. The van der Waals surface area contributed by atoms with Gasteiger partial charge in [0.25, 0.3) is 17.5 Å². The third-order valence-corrected chi connectivity index (χ3v) is 4.45. The first-order chi connectivity index (χ1) is 13.3. The number of nitro benzene ring substituents is 1. The number of rotatable bonds is 5. The van der Waals surface area contributed by atoms with Crippen LogP contribution in [0, 0.1) is 24.0 Å². The van der Waals surface area contributed by atoms with E-state index in [1.54, 1.807) is 19.1 Å². The van der Waals surface area contributed by atoms with Crippen LogP contribution in [0.15, 0.2) is 42.5 Å². The topological polar surface area (TPSA) is 122 Å². The number of hydrazine groups is 1. The molecule has 144 valence electrons. The van der Waals surface area contributed by atoms with Crippen LogP contribution < -0.4 is 15.8 Å². The summed E-state index contributed by atoms with van der Waals surface area (Å²) in [6.07, 6.45) is -0.136. The smallest absolute Gasteiger partial charge is 0.282 e. The van der Waals surface area contributed by atoms with Crippen molar-refractivity contribution in [2.24, 2.45) is 0 Å². The second-order valence-corrected chi connectivity index (χ2v) is 6.49. The van der Waals surface area contributed by atoms with Crippen molar-refractivity contribution in [2.75, 3.05) is 4.90 Å². The van der Waals surface area contributed by atoms with Crippen LogP contribution in [0.25, 0.3) is 0 Å². The number of hydrogen-bond acceptors (Lipinski definition) is 6. The molecule has 3 rings (SSSR count). The molecule has 1 saturated heterocycles. The van der Waals surface area contributed by atoms with Gasteiger partial charge >= 0.3 is 0 Å². The van der Waals surface area contributed by atoms with E-state index in [4.69, 9.17) is 0 Å². The molecule has 1 aliphatic rings. The fraction of sp³-hybridized carbons (Fsp3) is 0.211. The van der Waals surface area contributed by atoms with Gasteiger partial charge in [-0.25, -0.2) is 10.3 Å². The maximum Gasteiger partial charge on any atom is 0.282 e. The maximum absolute atomic E-state index is 12.7. The van der Waals surface area contributed by atoms with Crippen LogP contribution in [0.1, 0.15) is 27.9 Å². The number of benzene rings is 2. The first-order valence-electron chi connectivity index (χ1n) is 8.53. The third kappa shape index (κ3) is 3.60. The van der Waals surface area contributed by atoms with Gasteiger partial charge in [-0.15, -0.1) is 0 Å². The second kappa shape index (κ2) is 7.57. The van der Waals surface area contributed by atoms with Crippen molar-refractivity contribution in [2.45, 2.75) is 26.3 Å². The number of carbonyl (C=O) groups excluding carboxylic acids is 3. The molecular weight excluding hydrogens is 364 g/mol. The highest BCUT2D eigenvalue weighted by Crippen LogP contribution is 2.27. The fourth-order valence-electron chi connectivity index (χ4n) is 3.10. The summed E-state index contributed by atoms with van der Waals surface area (Å²) in [5.41, 5.74) is 6.59. The third-order valence-electron chi connectivity index (χ3n) is 4.45. The van der Waals surface area contributed by atoms with Crippen LogP contribution in [0.4, 0.5) is 11.4 Å². The van der Waals surface area contributed by atoms with Crippen LogP contribution in [0.3, 0.4) is 0 Å². The number of anilines is 1. The lowest BCUT2D eigenvalue weighted by molar-refractivity contribution is -0.385. The Hall–Kier alpha value is -3.59. The zero-order valence-corrected chi connectivity index (χ0v) is 15.3. The highest BCUT2D eigenvalue weighted by Gasteiger charge is 2.40. The number of hydrogen-bond donors (Lipinski definition) is 2. The second-order valence-electron chi connectivity index (χ2n) is 6.49. The number of imide groups is 1. The van der Waals surface area contributed by atoms with Gasteiger partial charge in [0.2, 0.25) is 5.91 Å². The van der Waals surface area contributed by atoms with Crippen LogP contribution in [0.5, 0.6) is 0 Å². The first-order valence-corrected chi connectivity index (χ1v) is 8.53. The number of nitrogens with one attached hydrogen (secondary N) is 2. The molecule has 0 spiro atoms. The van der Waals surface area contributed by atoms with Gasteiger partial charge < -0.3 is 0 Å². The molecule has 0 unspecified atom stereocenters. The standard InChI is InChI=1S/C19H18N4O5/c1-11-7-8-15(12(2)9-11)22-17(24)10-14(19(22)26)20-21-18(25)13-5-3-4-6-16(13)23(27)28/h3-9,14,20H,10H2,1-2H3,(H,21,25)/t14-/m1/s1. The lowest BCUT2D eigenvalue weighted by Gasteiger charge is -2.18. The molecule has 0 aromatic heterocycles. The van der Waals surface area contributed by atoms with Gasteiger partial charge in [0.15, 0.2) is 0 Å². The lowest BCUT2D eigenvalue weighted by atomic mass is 10.1. The molecule has 1 fully saturated rings. The van der Waals surface area contributed by atoms with E-state index in [-0.39, 0.29) is 17.7 Å². The molecule has 2 aromatic rings. The van der Waals surface area contributed by atoms with Gasteiger partial charge in [0.1, 0.15) is 11.6 Å². The molecular formula is C19H18N4O5. The predicted molar refractivity (Wildman–Crippen MR) is 101 cm³/mol. The minimum atomic E-state index is -0.958. The summed E-state index contributed by atoms with van der Waals surface area (Å²) >= 11 is 0. The molecule has 1 atom stereocenters. The highest BCUT2D eigenvalue weighted by molar-refractivity contribution is 6.22. The van der Waals surface area contributed by atoms with Gasteiger partial charge in [-0.05, 0) is 31.5 Å². The van der Waals surface area contributed by atoms with Crippen molar-refractivity contribution < 1.29 is 19.3 Å². The highest BCUT2D eigenvalue weighted by atomic mass is 16.6. The molecule has 28 heavy (non-hydrogen) atoms. The molecule has 9 heteroatoms. The molecule has 9 nitrogen and oxygen atoms in total. The molecule has 3 amide bonds. The van der Waals surface area contributed by atoms with Crippen LogP contribution in [-0.4, -0.2) is 28.7 Å². The fourth-order valence-corrected chi connectivity index (χ4v) is 3.10. The number of amides is 3. The molecule has 0 saturated carbocycles. The first kappa shape index (κ1) is 19.2. The summed E-state index contributed by atoms with van der Waals surface area (Å²) in [7, 11) is 0. The Morgan fingerprint density at radius 1 is 1.18 bits per heavy atom. The van der Waals surface area contributed by atoms with Crippen molar-refractivity contribution in [3.63, 3.8) is 0 Å². The summed E-state index contributed by atoms with van der Waals surface area (Å²) in [4.78, 5) is 48.7. The minimum absolute atomic E-state index is 0.136. The minimum Gasteiger partial charge on any atom is -0.286 e. The summed E-state index contributed by atoms with van der Waals surface area (Å²) in [6.45, 7) is 3.72. The van der Waals surface area contributed by atoms with Crippen LogP contribution in [0.2, 0.25) is 0 Å². The Bertz CT molecular complexity index is 988. The number of para-hydroxylation sites is 1. The quantitative estimate of drug-likeness (QED) is 0.462. The van der Waals surface area contributed by atoms with Crippen LogP contribution in [-0.2, 0) is 9.59 Å². The van der Waals surface area contributed by atoms with Gasteiger partial charge in [-0.3, -0.25) is 29.9 Å². The van der Waals surface area contributed by atoms with Crippen molar-refractivity contribution in [3.05, 3.63) is 69.3 Å². The summed E-state index contributed by atoms with van der Waals surface area (Å²) in [5, 5.41) is 11.0. The zero-order valence-electron chi connectivity index (χ0n) is 15.3. The summed E-state index contributed by atoms with van der Waals surface area (Å²) in [5.74, 6) is -1.66. The molecule has 1 aliphatic heterocycles. The van der Waals surface area contributed by atoms with Gasteiger partial charge in [0, 0.05) is 6.07 Å². The molecule has 1 heterocycles. The van der Waals surface area contributed by atoms with E-state index in [2.05, 4.69) is 10.9 Å². The Kier molecular flexibility index (Phi) is 5.18. The Morgan fingerprint density at radius 2 is 1.89 bits per heavy atom. The van der Waals surface area contributed by atoms with E-state index in [0.29, 0.717) is 5.69 Å². The van der Waals surface area contributed by atoms with E-state index in [0.717, 1.165) is 16.0 Å². The van der Waals surface area contributed by atoms with E-state index in [1.807, 2.05) is 13.0 Å². The Morgan fingerprint density at radius 3 is 2.57 bits per heavy atom. The normalized spacial score (nSPS) is 16.4. The number of aryl methyl sites for hydroxylation is 2. The summed E-state index contributed by atoms with van der Waals surface area (Å²) in [6, 6.07) is 9.87. The van der Waals surface area contributed by atoms with Gasteiger partial charge in [0.05, 0.1) is 17.0 Å². The van der Waals surface area contributed by atoms with Crippen molar-refractivity contribution in [3.8, 4) is 0 Å². The predicted octanol–water partition coefficient (Wildman–Crippen LogP) is 1.78. The van der Waals surface area contributed by atoms with Crippen molar-refractivity contribution in [1.82, 2.24) is 10.9 Å². The number of nitrogens with zero attached hydrogens (tertiary/aromatic N) is 2. The molecule has 0 radical (unpaired) electrons. The largest absolute Gasteiger partial charge is 0.286 e. The Labute approximate surface area is 160 Å². The average molecular weight is 382 g/mol. The van der Waals surface area contributed by atoms with E-state index in [9.17, 15) is 24.5 Å². The van der Waals surface area contributed by atoms with Crippen molar-refractivity contribution in [1.29, 1.82) is 0 Å². The molecule has 2 N–H and O–H groups in total. The number of nitro groups is 1. The molecule has 0 aliphatic carbocycles. The van der Waals surface area contributed by atoms with Crippen LogP contribution >= 0.6 is 0 Å².